The van der Waals surface area contributed by atoms with Gasteiger partial charge in [-0.25, -0.2) is 0 Å². The van der Waals surface area contributed by atoms with Gasteiger partial charge in [-0.05, 0) is 72.9 Å². The lowest BCUT2D eigenvalue weighted by atomic mass is 9.80. The van der Waals surface area contributed by atoms with Crippen LogP contribution in [0.25, 0.3) is 0 Å². The Balaban J connectivity index is 2.19. The summed E-state index contributed by atoms with van der Waals surface area (Å²) in [6.45, 7) is 7.96. The second-order valence-corrected chi connectivity index (χ2v) is 6.56. The molecule has 0 spiro atoms. The Kier molecular flexibility index (Phi) is 4.31. The van der Waals surface area contributed by atoms with E-state index in [9.17, 15) is 4.79 Å². The minimum Gasteiger partial charge on any atom is -0.324 e. The molecule has 0 aliphatic carbocycles. The minimum atomic E-state index is -0.262. The van der Waals surface area contributed by atoms with Crippen molar-refractivity contribution in [1.82, 2.24) is 5.32 Å². The number of piperidine rings is 1. The molecule has 2 N–H and O–H groups in total. The van der Waals surface area contributed by atoms with Crippen molar-refractivity contribution in [2.45, 2.75) is 33.6 Å². The fourth-order valence-electron chi connectivity index (χ4n) is 2.54. The summed E-state index contributed by atoms with van der Waals surface area (Å²) in [6.07, 6.45) is 1.78. The SMILES string of the molecule is Cc1cc(C)c(NC(=O)C2(C)CCNCC2)c(Br)c1. The fraction of sp³-hybridized carbons (Fsp3) is 0.533. The molecule has 0 unspecified atom stereocenters. The fourth-order valence-corrected chi connectivity index (χ4v) is 3.32. The third-order valence-electron chi connectivity index (χ3n) is 3.93. The number of amides is 1. The molecule has 1 aromatic rings. The number of nitrogens with one attached hydrogen (secondary N) is 2. The first-order valence-electron chi connectivity index (χ1n) is 6.71. The van der Waals surface area contributed by atoms with Gasteiger partial charge >= 0.3 is 0 Å². The van der Waals surface area contributed by atoms with Crippen molar-refractivity contribution in [3.63, 3.8) is 0 Å². The van der Waals surface area contributed by atoms with Crippen molar-refractivity contribution in [3.05, 3.63) is 27.7 Å². The van der Waals surface area contributed by atoms with Gasteiger partial charge in [-0.3, -0.25) is 4.79 Å². The maximum Gasteiger partial charge on any atom is 0.230 e. The van der Waals surface area contributed by atoms with Crippen molar-refractivity contribution < 1.29 is 4.79 Å². The highest BCUT2D eigenvalue weighted by Crippen LogP contribution is 2.33. The predicted octanol–water partition coefficient (Wildman–Crippen LogP) is 3.39. The van der Waals surface area contributed by atoms with Gasteiger partial charge in [-0.1, -0.05) is 13.0 Å². The summed E-state index contributed by atoms with van der Waals surface area (Å²) < 4.78 is 0.955. The van der Waals surface area contributed by atoms with Crippen LogP contribution in [0.3, 0.4) is 0 Å². The molecule has 19 heavy (non-hydrogen) atoms. The maximum atomic E-state index is 12.5. The summed E-state index contributed by atoms with van der Waals surface area (Å²) in [5.74, 6) is 0.127. The molecule has 2 rings (SSSR count). The van der Waals surface area contributed by atoms with E-state index in [-0.39, 0.29) is 11.3 Å². The molecule has 0 aromatic heterocycles. The van der Waals surface area contributed by atoms with E-state index in [2.05, 4.69) is 46.5 Å². The lowest BCUT2D eigenvalue weighted by Gasteiger charge is -2.32. The zero-order valence-electron chi connectivity index (χ0n) is 11.8. The lowest BCUT2D eigenvalue weighted by Crippen LogP contribution is -2.43. The van der Waals surface area contributed by atoms with Crippen molar-refractivity contribution in [1.29, 1.82) is 0 Å². The third kappa shape index (κ3) is 3.18. The molecule has 4 heteroatoms. The Hall–Kier alpha value is -0.870. The number of halogens is 1. The average Bonchev–Trinajstić information content (AvgIpc) is 2.34. The quantitative estimate of drug-likeness (QED) is 0.875. The highest BCUT2D eigenvalue weighted by molar-refractivity contribution is 9.10. The second kappa shape index (κ2) is 5.63. The molecule has 3 nitrogen and oxygen atoms in total. The number of hydrogen-bond donors (Lipinski definition) is 2. The molecule has 1 fully saturated rings. The summed E-state index contributed by atoms with van der Waals surface area (Å²) in [5.41, 5.74) is 2.92. The minimum absolute atomic E-state index is 0.127. The Morgan fingerprint density at radius 1 is 1.32 bits per heavy atom. The molecule has 0 saturated carbocycles. The van der Waals surface area contributed by atoms with Crippen LogP contribution in [0, 0.1) is 19.3 Å². The number of carbonyl (C=O) groups excluding carboxylic acids is 1. The standard InChI is InChI=1S/C15H21BrN2O/c1-10-8-11(2)13(12(16)9-10)18-14(19)15(3)4-6-17-7-5-15/h8-9,17H,4-7H2,1-3H3,(H,18,19). The Morgan fingerprint density at radius 2 is 1.95 bits per heavy atom. The first-order valence-corrected chi connectivity index (χ1v) is 7.51. The summed E-state index contributed by atoms with van der Waals surface area (Å²) >= 11 is 3.54. The van der Waals surface area contributed by atoms with Crippen LogP contribution in [-0.2, 0) is 4.79 Å². The number of aryl methyl sites for hydroxylation is 2. The number of rotatable bonds is 2. The molecule has 1 aromatic carbocycles. The topological polar surface area (TPSA) is 41.1 Å². The molecule has 1 saturated heterocycles. The third-order valence-corrected chi connectivity index (χ3v) is 4.55. The van der Waals surface area contributed by atoms with Gasteiger partial charge in [0.15, 0.2) is 0 Å². The van der Waals surface area contributed by atoms with Crippen molar-refractivity contribution in [2.24, 2.45) is 5.41 Å². The molecule has 0 bridgehead atoms. The Bertz CT molecular complexity index is 470. The number of benzene rings is 1. The van der Waals surface area contributed by atoms with Crippen molar-refractivity contribution in [3.8, 4) is 0 Å². The first-order chi connectivity index (χ1) is 8.92. The van der Waals surface area contributed by atoms with Gasteiger partial charge < -0.3 is 10.6 Å². The second-order valence-electron chi connectivity index (χ2n) is 5.70. The Morgan fingerprint density at radius 3 is 2.53 bits per heavy atom. The van der Waals surface area contributed by atoms with E-state index < -0.39 is 0 Å². The smallest absolute Gasteiger partial charge is 0.230 e. The van der Waals surface area contributed by atoms with E-state index in [1.165, 1.54) is 5.56 Å². The average molecular weight is 325 g/mol. The van der Waals surface area contributed by atoms with Crippen molar-refractivity contribution >= 4 is 27.5 Å². The number of carbonyl (C=O) groups is 1. The molecule has 0 radical (unpaired) electrons. The van der Waals surface area contributed by atoms with Crippen LogP contribution < -0.4 is 10.6 Å². The summed E-state index contributed by atoms with van der Waals surface area (Å²) in [6, 6.07) is 4.12. The lowest BCUT2D eigenvalue weighted by molar-refractivity contribution is -0.126. The van der Waals surface area contributed by atoms with Crippen LogP contribution in [0.2, 0.25) is 0 Å². The van der Waals surface area contributed by atoms with Gasteiger partial charge in [0.05, 0.1) is 5.69 Å². The molecule has 1 aliphatic rings. The summed E-state index contributed by atoms with van der Waals surface area (Å²) in [5, 5.41) is 6.40. The molecule has 1 heterocycles. The van der Waals surface area contributed by atoms with Crippen LogP contribution in [0.5, 0.6) is 0 Å². The molecule has 1 amide bonds. The van der Waals surface area contributed by atoms with E-state index in [4.69, 9.17) is 0 Å². The van der Waals surface area contributed by atoms with Crippen LogP contribution >= 0.6 is 15.9 Å². The van der Waals surface area contributed by atoms with Crippen LogP contribution in [0.15, 0.2) is 16.6 Å². The van der Waals surface area contributed by atoms with Gasteiger partial charge in [0.25, 0.3) is 0 Å². The summed E-state index contributed by atoms with van der Waals surface area (Å²) in [7, 11) is 0. The summed E-state index contributed by atoms with van der Waals surface area (Å²) in [4.78, 5) is 12.5. The van der Waals surface area contributed by atoms with E-state index in [1.807, 2.05) is 13.0 Å². The molecule has 1 aliphatic heterocycles. The van der Waals surface area contributed by atoms with E-state index in [0.717, 1.165) is 41.7 Å². The Labute approximate surface area is 123 Å². The monoisotopic (exact) mass is 324 g/mol. The molecular weight excluding hydrogens is 304 g/mol. The van der Waals surface area contributed by atoms with Crippen molar-refractivity contribution in [2.75, 3.05) is 18.4 Å². The van der Waals surface area contributed by atoms with Crippen LogP contribution in [0.4, 0.5) is 5.69 Å². The highest BCUT2D eigenvalue weighted by atomic mass is 79.9. The maximum absolute atomic E-state index is 12.5. The van der Waals surface area contributed by atoms with Crippen LogP contribution in [0.1, 0.15) is 30.9 Å². The van der Waals surface area contributed by atoms with Crippen LogP contribution in [-0.4, -0.2) is 19.0 Å². The molecule has 104 valence electrons. The zero-order chi connectivity index (χ0) is 14.0. The largest absolute Gasteiger partial charge is 0.324 e. The molecule has 0 atom stereocenters. The normalized spacial score (nSPS) is 18.1. The van der Waals surface area contributed by atoms with E-state index >= 15 is 0 Å². The zero-order valence-corrected chi connectivity index (χ0v) is 13.4. The van der Waals surface area contributed by atoms with Gasteiger partial charge in [-0.2, -0.15) is 0 Å². The van der Waals surface area contributed by atoms with Gasteiger partial charge in [0.2, 0.25) is 5.91 Å². The van der Waals surface area contributed by atoms with E-state index in [1.54, 1.807) is 0 Å². The van der Waals surface area contributed by atoms with Gasteiger partial charge in [0.1, 0.15) is 0 Å². The van der Waals surface area contributed by atoms with Gasteiger partial charge in [-0.15, -0.1) is 0 Å². The van der Waals surface area contributed by atoms with Gasteiger partial charge in [0, 0.05) is 9.89 Å². The predicted molar refractivity (Wildman–Crippen MR) is 82.5 cm³/mol. The number of anilines is 1. The van der Waals surface area contributed by atoms with E-state index in [0.29, 0.717) is 0 Å². The highest BCUT2D eigenvalue weighted by Gasteiger charge is 2.34. The first kappa shape index (κ1) is 14.5. The molecular formula is C15H21BrN2O. The number of hydrogen-bond acceptors (Lipinski definition) is 2.